The summed E-state index contributed by atoms with van der Waals surface area (Å²) in [4.78, 5) is 22.0. The fraction of sp³-hybridized carbons (Fsp3) is 0.350. The molecule has 0 spiro atoms. The predicted octanol–water partition coefficient (Wildman–Crippen LogP) is 4.66. The van der Waals surface area contributed by atoms with Crippen LogP contribution in [0.1, 0.15) is 32.3 Å². The minimum absolute atomic E-state index is 0.0778. The molecule has 0 aliphatic carbocycles. The fourth-order valence-electron chi connectivity index (χ4n) is 3.51. The van der Waals surface area contributed by atoms with E-state index in [9.17, 15) is 31.1 Å². The van der Waals surface area contributed by atoms with Gasteiger partial charge in [0, 0.05) is 18.0 Å². The molecule has 0 radical (unpaired) electrons. The van der Waals surface area contributed by atoms with Crippen LogP contribution in [0.25, 0.3) is 0 Å². The lowest BCUT2D eigenvalue weighted by atomic mass is 9.97. The van der Waals surface area contributed by atoms with Crippen molar-refractivity contribution >= 4 is 17.3 Å². The molecule has 1 aliphatic heterocycles. The van der Waals surface area contributed by atoms with Crippen LogP contribution in [0.5, 0.6) is 0 Å². The highest BCUT2D eigenvalue weighted by atomic mass is 32.1. The van der Waals surface area contributed by atoms with E-state index in [-0.39, 0.29) is 24.9 Å². The normalized spacial score (nSPS) is 14.5. The molecule has 32 heavy (non-hydrogen) atoms. The summed E-state index contributed by atoms with van der Waals surface area (Å²) in [6, 6.07) is 5.84. The van der Waals surface area contributed by atoms with Gasteiger partial charge in [-0.25, -0.2) is 4.79 Å². The van der Waals surface area contributed by atoms with E-state index in [0.29, 0.717) is 34.7 Å². The summed E-state index contributed by atoms with van der Waals surface area (Å²) in [5.41, 5.74) is -0.170. The molecule has 1 aliphatic rings. The first-order valence-electron chi connectivity index (χ1n) is 9.47. The minimum atomic E-state index is -4.46. The zero-order chi connectivity index (χ0) is 23.3. The van der Waals surface area contributed by atoms with Crippen LogP contribution < -0.4 is 10.6 Å². The molecule has 0 N–H and O–H groups in total. The smallest absolute Gasteiger partial charge is 0.336 e. The average Bonchev–Trinajstić information content (AvgIpc) is 3.18. The summed E-state index contributed by atoms with van der Waals surface area (Å²) in [6.07, 6.45) is -8.45. The molecule has 0 fully saturated rings. The Hall–Kier alpha value is -2.89. The van der Waals surface area contributed by atoms with Gasteiger partial charge >= 0.3 is 18.0 Å². The highest BCUT2D eigenvalue weighted by Crippen LogP contribution is 2.35. The van der Waals surface area contributed by atoms with Gasteiger partial charge in [-0.15, -0.1) is 11.3 Å². The molecule has 0 atom stereocenters. The lowest BCUT2D eigenvalue weighted by molar-refractivity contribution is -0.137. The van der Waals surface area contributed by atoms with E-state index in [2.05, 4.69) is 9.97 Å². The first kappa shape index (κ1) is 22.3. The van der Waals surface area contributed by atoms with E-state index < -0.39 is 28.5 Å². The quantitative estimate of drug-likeness (QED) is 0.519. The van der Waals surface area contributed by atoms with Crippen molar-refractivity contribution in [3.63, 3.8) is 0 Å². The molecule has 0 unspecified atom stereocenters. The third-order valence-electron chi connectivity index (χ3n) is 5.16. The van der Waals surface area contributed by atoms with E-state index in [0.717, 1.165) is 28.3 Å². The number of hydrogen-bond acceptors (Lipinski definition) is 5. The van der Waals surface area contributed by atoms with Gasteiger partial charge < -0.3 is 4.90 Å². The second-order valence-corrected chi connectivity index (χ2v) is 8.52. The maximum Gasteiger partial charge on any atom is 0.425 e. The number of nitrogens with zero attached hydrogens (tertiary/aromatic N) is 4. The van der Waals surface area contributed by atoms with Gasteiger partial charge in [-0.05, 0) is 48.7 Å². The van der Waals surface area contributed by atoms with Crippen LogP contribution in [-0.4, -0.2) is 21.1 Å². The summed E-state index contributed by atoms with van der Waals surface area (Å²) in [5, 5.41) is 0. The van der Waals surface area contributed by atoms with Crippen LogP contribution in [0.4, 0.5) is 32.3 Å². The van der Waals surface area contributed by atoms with Crippen LogP contribution in [0.15, 0.2) is 35.1 Å². The molecule has 5 nitrogen and oxygen atoms in total. The van der Waals surface area contributed by atoms with Gasteiger partial charge in [0.1, 0.15) is 10.7 Å². The van der Waals surface area contributed by atoms with Gasteiger partial charge in [-0.1, -0.05) is 6.07 Å². The molecular weight excluding hydrogens is 458 g/mol. The average molecular weight is 474 g/mol. The van der Waals surface area contributed by atoms with Crippen LogP contribution in [0.2, 0.25) is 0 Å². The Labute approximate surface area is 182 Å². The monoisotopic (exact) mass is 474 g/mol. The molecule has 3 aromatic rings. The number of benzene rings is 1. The van der Waals surface area contributed by atoms with Gasteiger partial charge in [-0.3, -0.25) is 4.57 Å². The molecular formula is C20H16F6N4OS. The van der Waals surface area contributed by atoms with Crippen molar-refractivity contribution in [2.75, 3.05) is 11.4 Å². The number of fused-ring (bicyclic) bond motifs is 1. The first-order chi connectivity index (χ1) is 14.9. The van der Waals surface area contributed by atoms with Crippen molar-refractivity contribution < 1.29 is 26.3 Å². The zero-order valence-corrected chi connectivity index (χ0v) is 17.4. The Kier molecular flexibility index (Phi) is 5.51. The third-order valence-corrected chi connectivity index (χ3v) is 6.28. The molecule has 3 heterocycles. The molecule has 1 aromatic carbocycles. The number of thiophene rings is 1. The van der Waals surface area contributed by atoms with Crippen molar-refractivity contribution in [2.24, 2.45) is 0 Å². The number of alkyl halides is 6. The topological polar surface area (TPSA) is 51.0 Å². The second kappa shape index (κ2) is 7.91. The molecule has 0 bridgehead atoms. The highest BCUT2D eigenvalue weighted by Gasteiger charge is 2.33. The number of rotatable bonds is 3. The van der Waals surface area contributed by atoms with E-state index in [1.807, 2.05) is 0 Å². The summed E-state index contributed by atoms with van der Waals surface area (Å²) < 4.78 is 78.7. The summed E-state index contributed by atoms with van der Waals surface area (Å²) in [6.45, 7) is 1.96. The maximum absolute atomic E-state index is 13.0. The van der Waals surface area contributed by atoms with Crippen LogP contribution in [0.3, 0.4) is 0 Å². The van der Waals surface area contributed by atoms with Gasteiger partial charge in [0.15, 0.2) is 0 Å². The van der Waals surface area contributed by atoms with Gasteiger partial charge in [0.05, 0.1) is 12.1 Å². The first-order valence-corrected chi connectivity index (χ1v) is 10.3. The van der Waals surface area contributed by atoms with Gasteiger partial charge in [0.25, 0.3) is 0 Å². The van der Waals surface area contributed by atoms with Crippen molar-refractivity contribution in [1.29, 1.82) is 0 Å². The Morgan fingerprint density at radius 1 is 1.00 bits per heavy atom. The Balaban J connectivity index is 1.57. The van der Waals surface area contributed by atoms with Crippen LogP contribution in [0, 0.1) is 6.92 Å². The van der Waals surface area contributed by atoms with Gasteiger partial charge in [-0.2, -0.15) is 36.3 Å². The van der Waals surface area contributed by atoms with Crippen molar-refractivity contribution in [3.05, 3.63) is 73.1 Å². The summed E-state index contributed by atoms with van der Waals surface area (Å²) in [5.74, 6) is 0.325. The summed E-state index contributed by atoms with van der Waals surface area (Å²) >= 11 is 0.537. The number of hydrogen-bond donors (Lipinski definition) is 0. The molecule has 4 rings (SSSR count). The lowest BCUT2D eigenvalue weighted by Crippen LogP contribution is -2.36. The zero-order valence-electron chi connectivity index (χ0n) is 16.6. The van der Waals surface area contributed by atoms with Crippen LogP contribution >= 0.6 is 11.3 Å². The molecule has 12 heteroatoms. The fourth-order valence-corrected chi connectivity index (χ4v) is 4.38. The maximum atomic E-state index is 13.0. The molecule has 170 valence electrons. The molecule has 0 amide bonds. The van der Waals surface area contributed by atoms with E-state index in [4.69, 9.17) is 0 Å². The Bertz CT molecular complexity index is 1210. The number of aromatic nitrogens is 3. The Morgan fingerprint density at radius 2 is 1.75 bits per heavy atom. The third kappa shape index (κ3) is 4.50. The summed E-state index contributed by atoms with van der Waals surface area (Å²) in [7, 11) is 0. The SMILES string of the molecule is Cc1nc(N2CCc3ccc(C(F)(F)F)cc3C2)nc(=O)n1Cc1ccc(C(F)(F)F)s1. The second-order valence-electron chi connectivity index (χ2n) is 7.36. The number of anilines is 1. The number of aryl methyl sites for hydroxylation is 1. The number of halogens is 6. The standard InChI is InChI=1S/C20H16F6N4OS/c1-11-27-17(28-18(31)30(11)10-15-4-5-16(32-15)20(24,25)26)29-7-6-12-2-3-14(19(21,22)23)8-13(12)9-29/h2-5,8H,6-7,9-10H2,1H3. The highest BCUT2D eigenvalue weighted by molar-refractivity contribution is 7.12. The van der Waals surface area contributed by atoms with E-state index in [1.165, 1.54) is 19.1 Å². The van der Waals surface area contributed by atoms with E-state index >= 15 is 0 Å². The minimum Gasteiger partial charge on any atom is -0.336 e. The van der Waals surface area contributed by atoms with Crippen molar-refractivity contribution in [2.45, 2.75) is 38.8 Å². The van der Waals surface area contributed by atoms with Gasteiger partial charge in [0.2, 0.25) is 5.95 Å². The van der Waals surface area contributed by atoms with E-state index in [1.54, 1.807) is 4.90 Å². The Morgan fingerprint density at radius 3 is 2.38 bits per heavy atom. The lowest BCUT2D eigenvalue weighted by Gasteiger charge is -2.29. The van der Waals surface area contributed by atoms with Crippen molar-refractivity contribution in [3.8, 4) is 0 Å². The molecule has 0 saturated heterocycles. The molecule has 2 aromatic heterocycles. The van der Waals surface area contributed by atoms with Crippen LogP contribution in [-0.2, 0) is 31.9 Å². The largest absolute Gasteiger partial charge is 0.425 e. The molecule has 0 saturated carbocycles. The predicted molar refractivity (Wildman–Crippen MR) is 106 cm³/mol. The van der Waals surface area contributed by atoms with Crippen molar-refractivity contribution in [1.82, 2.24) is 14.5 Å².